The normalized spacial score (nSPS) is 11.5. The molecule has 0 atom stereocenters. The minimum atomic E-state index is -4.78. The first kappa shape index (κ1) is 21.3. The lowest BCUT2D eigenvalue weighted by atomic mass is 10.1. The van der Waals surface area contributed by atoms with E-state index in [1.54, 1.807) is 0 Å². The fourth-order valence-corrected chi connectivity index (χ4v) is 3.80. The molecule has 0 aromatic heterocycles. The van der Waals surface area contributed by atoms with E-state index in [9.17, 15) is 31.0 Å². The van der Waals surface area contributed by atoms with E-state index in [2.05, 4.69) is 9.47 Å². The summed E-state index contributed by atoms with van der Waals surface area (Å²) in [6.07, 6.45) is 0. The molecule has 0 saturated carbocycles. The SMILES string of the molecule is COC(=O)c1cc(C(=O)OC)cc(S(=O)(=O)Oc2ccccc2S(=O)(=O)O)c1. The van der Waals surface area contributed by atoms with Gasteiger partial charge < -0.3 is 13.7 Å². The van der Waals surface area contributed by atoms with Crippen molar-refractivity contribution >= 4 is 32.2 Å². The lowest BCUT2D eigenvalue weighted by Gasteiger charge is -2.11. The van der Waals surface area contributed by atoms with E-state index < -0.39 is 47.7 Å². The molecule has 0 amide bonds. The highest BCUT2D eigenvalue weighted by molar-refractivity contribution is 7.87. The molecule has 0 bridgehead atoms. The zero-order chi connectivity index (χ0) is 21.1. The molecule has 0 unspecified atom stereocenters. The molecule has 0 fully saturated rings. The second-order valence-corrected chi connectivity index (χ2v) is 8.12. The number of hydrogen-bond acceptors (Lipinski definition) is 9. The zero-order valence-corrected chi connectivity index (χ0v) is 16.1. The van der Waals surface area contributed by atoms with Crippen LogP contribution in [-0.2, 0) is 29.7 Å². The molecule has 0 spiro atoms. The summed E-state index contributed by atoms with van der Waals surface area (Å²) < 4.78 is 71.1. The summed E-state index contributed by atoms with van der Waals surface area (Å²) in [5, 5.41) is 0. The van der Waals surface area contributed by atoms with Crippen molar-refractivity contribution in [2.75, 3.05) is 14.2 Å². The van der Waals surface area contributed by atoms with Crippen LogP contribution >= 0.6 is 0 Å². The third-order valence-corrected chi connectivity index (χ3v) is 5.47. The molecule has 12 heteroatoms. The first-order chi connectivity index (χ1) is 13.0. The Morgan fingerprint density at radius 2 is 1.36 bits per heavy atom. The Morgan fingerprint density at radius 1 is 0.857 bits per heavy atom. The van der Waals surface area contributed by atoms with E-state index >= 15 is 0 Å². The minimum absolute atomic E-state index is 0.282. The summed E-state index contributed by atoms with van der Waals surface area (Å²) in [5.41, 5.74) is -0.564. The van der Waals surface area contributed by atoms with Crippen LogP contribution in [0.15, 0.2) is 52.3 Å². The van der Waals surface area contributed by atoms with Crippen LogP contribution in [0.5, 0.6) is 5.75 Å². The minimum Gasteiger partial charge on any atom is -0.465 e. The van der Waals surface area contributed by atoms with Crippen molar-refractivity contribution in [1.29, 1.82) is 0 Å². The second-order valence-electron chi connectivity index (χ2n) is 5.19. The van der Waals surface area contributed by atoms with Crippen molar-refractivity contribution in [3.8, 4) is 5.75 Å². The Labute approximate surface area is 160 Å². The van der Waals surface area contributed by atoms with Crippen molar-refractivity contribution in [3.05, 3.63) is 53.6 Å². The van der Waals surface area contributed by atoms with Gasteiger partial charge in [0.1, 0.15) is 9.79 Å². The molecule has 0 saturated heterocycles. The Morgan fingerprint density at radius 3 is 1.82 bits per heavy atom. The van der Waals surface area contributed by atoms with Crippen molar-refractivity contribution in [3.63, 3.8) is 0 Å². The van der Waals surface area contributed by atoms with Crippen LogP contribution < -0.4 is 4.18 Å². The Bertz CT molecular complexity index is 1100. The van der Waals surface area contributed by atoms with Gasteiger partial charge in [0.15, 0.2) is 5.75 Å². The average Bonchev–Trinajstić information content (AvgIpc) is 2.65. The molecule has 0 aliphatic carbocycles. The van der Waals surface area contributed by atoms with E-state index in [4.69, 9.17) is 4.18 Å². The molecule has 0 radical (unpaired) electrons. The van der Waals surface area contributed by atoms with Crippen LogP contribution in [0.2, 0.25) is 0 Å². The molecular formula is C16H14O10S2. The van der Waals surface area contributed by atoms with Crippen LogP contribution in [0.25, 0.3) is 0 Å². The molecule has 28 heavy (non-hydrogen) atoms. The van der Waals surface area contributed by atoms with E-state index in [1.165, 1.54) is 12.1 Å². The van der Waals surface area contributed by atoms with Gasteiger partial charge in [-0.2, -0.15) is 16.8 Å². The monoisotopic (exact) mass is 430 g/mol. The maximum atomic E-state index is 12.6. The van der Waals surface area contributed by atoms with Gasteiger partial charge in [0.05, 0.1) is 25.3 Å². The van der Waals surface area contributed by atoms with Crippen LogP contribution in [0, 0.1) is 0 Å². The lowest BCUT2D eigenvalue weighted by molar-refractivity contribution is 0.0598. The number of rotatable bonds is 6. The quantitative estimate of drug-likeness (QED) is 0.403. The Hall–Kier alpha value is -2.96. The van der Waals surface area contributed by atoms with E-state index in [0.29, 0.717) is 0 Å². The smallest absolute Gasteiger partial charge is 0.339 e. The number of hydrogen-bond donors (Lipinski definition) is 1. The number of ether oxygens (including phenoxy) is 2. The van der Waals surface area contributed by atoms with Crippen LogP contribution in [-0.4, -0.2) is 47.5 Å². The molecule has 0 aliphatic rings. The number of methoxy groups -OCH3 is 2. The fourth-order valence-electron chi connectivity index (χ4n) is 2.11. The molecule has 2 aromatic rings. The highest BCUT2D eigenvalue weighted by atomic mass is 32.2. The molecule has 1 N–H and O–H groups in total. The zero-order valence-electron chi connectivity index (χ0n) is 14.5. The number of esters is 2. The third-order valence-electron chi connectivity index (χ3n) is 3.36. The molecule has 2 rings (SSSR count). The molecular weight excluding hydrogens is 416 g/mol. The Kier molecular flexibility index (Phi) is 6.07. The average molecular weight is 430 g/mol. The van der Waals surface area contributed by atoms with Crippen LogP contribution in [0.1, 0.15) is 20.7 Å². The maximum Gasteiger partial charge on any atom is 0.339 e. The highest BCUT2D eigenvalue weighted by Gasteiger charge is 2.26. The summed E-state index contributed by atoms with van der Waals surface area (Å²) in [5.74, 6) is -2.53. The molecule has 2 aromatic carbocycles. The topological polar surface area (TPSA) is 150 Å². The maximum absolute atomic E-state index is 12.6. The predicted molar refractivity (Wildman–Crippen MR) is 93.2 cm³/mol. The van der Waals surface area contributed by atoms with E-state index in [-0.39, 0.29) is 11.1 Å². The van der Waals surface area contributed by atoms with E-state index in [1.807, 2.05) is 0 Å². The summed E-state index contributed by atoms with van der Waals surface area (Å²) in [7, 11) is -7.38. The second kappa shape index (κ2) is 7.96. The predicted octanol–water partition coefficient (Wildman–Crippen LogP) is 1.27. The van der Waals surface area contributed by atoms with Gasteiger partial charge in [-0.25, -0.2) is 9.59 Å². The van der Waals surface area contributed by atoms with Gasteiger partial charge in [-0.3, -0.25) is 4.55 Å². The fraction of sp³-hybridized carbons (Fsp3) is 0.125. The van der Waals surface area contributed by atoms with Gasteiger partial charge in [0.2, 0.25) is 0 Å². The number of carbonyl (C=O) groups excluding carboxylic acids is 2. The van der Waals surface area contributed by atoms with Gasteiger partial charge >= 0.3 is 22.1 Å². The van der Waals surface area contributed by atoms with Crippen LogP contribution in [0.4, 0.5) is 0 Å². The van der Waals surface area contributed by atoms with Gasteiger partial charge in [-0.15, -0.1) is 0 Å². The summed E-state index contributed by atoms with van der Waals surface area (Å²) in [6.45, 7) is 0. The molecule has 0 aliphatic heterocycles. The number of carbonyl (C=O) groups is 2. The van der Waals surface area contributed by atoms with Crippen LogP contribution in [0.3, 0.4) is 0 Å². The largest absolute Gasteiger partial charge is 0.465 e. The third kappa shape index (κ3) is 4.65. The van der Waals surface area contributed by atoms with E-state index in [0.717, 1.165) is 44.6 Å². The van der Waals surface area contributed by atoms with Gasteiger partial charge in [0.25, 0.3) is 10.1 Å². The number of para-hydroxylation sites is 1. The summed E-state index contributed by atoms with van der Waals surface area (Å²) in [6, 6.07) is 7.28. The first-order valence-electron chi connectivity index (χ1n) is 7.32. The van der Waals surface area contributed by atoms with Gasteiger partial charge in [-0.05, 0) is 30.3 Å². The molecule has 150 valence electrons. The van der Waals surface area contributed by atoms with Crippen molar-refractivity contribution in [2.24, 2.45) is 0 Å². The highest BCUT2D eigenvalue weighted by Crippen LogP contribution is 2.27. The van der Waals surface area contributed by atoms with Gasteiger partial charge in [0, 0.05) is 0 Å². The summed E-state index contributed by atoms with van der Waals surface area (Å²) >= 11 is 0. The standard InChI is InChI=1S/C16H14O10S2/c1-24-15(17)10-7-11(16(18)25-2)9-12(8-10)28(22,23)26-13-5-3-4-6-14(13)27(19,20)21/h3-9H,1-2H3,(H,19,20,21). The van der Waals surface area contributed by atoms with Crippen molar-refractivity contribution < 1.29 is 44.6 Å². The summed E-state index contributed by atoms with van der Waals surface area (Å²) in [4.78, 5) is 22.1. The lowest BCUT2D eigenvalue weighted by Crippen LogP contribution is -2.15. The van der Waals surface area contributed by atoms with Crippen molar-refractivity contribution in [2.45, 2.75) is 9.79 Å². The first-order valence-corrected chi connectivity index (χ1v) is 10.2. The number of benzene rings is 2. The van der Waals surface area contributed by atoms with Crippen molar-refractivity contribution in [1.82, 2.24) is 0 Å². The molecule has 10 nitrogen and oxygen atoms in total. The molecule has 0 heterocycles. The Balaban J connectivity index is 2.60. The van der Waals surface area contributed by atoms with Gasteiger partial charge in [-0.1, -0.05) is 12.1 Å².